The van der Waals surface area contributed by atoms with Gasteiger partial charge in [-0.05, 0) is 24.3 Å². The van der Waals surface area contributed by atoms with Crippen LogP contribution in [-0.2, 0) is 18.4 Å². The van der Waals surface area contributed by atoms with Crippen LogP contribution in [0.25, 0.3) is 11.5 Å². The predicted octanol–water partition coefficient (Wildman–Crippen LogP) is 2.87. The second-order valence-corrected chi connectivity index (χ2v) is 6.37. The maximum absolute atomic E-state index is 11.9. The van der Waals surface area contributed by atoms with Crippen molar-refractivity contribution in [1.29, 1.82) is 0 Å². The van der Waals surface area contributed by atoms with Gasteiger partial charge in [0.1, 0.15) is 0 Å². The van der Waals surface area contributed by atoms with E-state index in [1.807, 2.05) is 60.3 Å². The molecular formula is C17H18N4O2S. The number of hydrogen-bond acceptors (Lipinski definition) is 5. The Morgan fingerprint density at radius 3 is 2.83 bits per heavy atom. The summed E-state index contributed by atoms with van der Waals surface area (Å²) in [6.07, 6.45) is 2.36. The maximum atomic E-state index is 11.9. The predicted molar refractivity (Wildman–Crippen MR) is 92.3 cm³/mol. The summed E-state index contributed by atoms with van der Waals surface area (Å²) in [5, 5.41) is 6.74. The lowest BCUT2D eigenvalue weighted by molar-refractivity contribution is -0.120. The molecule has 0 bridgehead atoms. The summed E-state index contributed by atoms with van der Waals surface area (Å²) < 4.78 is 7.08. The second-order valence-electron chi connectivity index (χ2n) is 5.20. The normalized spacial score (nSPS) is 10.7. The van der Waals surface area contributed by atoms with Crippen LogP contribution in [0.1, 0.15) is 12.3 Å². The molecule has 1 amide bonds. The molecule has 0 aliphatic carbocycles. The molecular weight excluding hydrogens is 324 g/mol. The second kappa shape index (κ2) is 7.83. The van der Waals surface area contributed by atoms with Crippen LogP contribution in [-0.4, -0.2) is 26.4 Å². The van der Waals surface area contributed by atoms with E-state index in [-0.39, 0.29) is 12.5 Å². The molecule has 0 saturated carbocycles. The summed E-state index contributed by atoms with van der Waals surface area (Å²) in [6, 6.07) is 13.8. The molecule has 0 radical (unpaired) electrons. The first-order valence-electron chi connectivity index (χ1n) is 7.61. The van der Waals surface area contributed by atoms with Gasteiger partial charge in [-0.2, -0.15) is 4.98 Å². The average molecular weight is 342 g/mol. The molecule has 0 saturated heterocycles. The summed E-state index contributed by atoms with van der Waals surface area (Å²) in [5.74, 6) is 1.62. The Balaban J connectivity index is 1.43. The first-order valence-corrected chi connectivity index (χ1v) is 8.60. The molecule has 24 heavy (non-hydrogen) atoms. The van der Waals surface area contributed by atoms with E-state index in [1.165, 1.54) is 0 Å². The number of benzene rings is 1. The van der Waals surface area contributed by atoms with E-state index in [1.54, 1.807) is 11.8 Å². The van der Waals surface area contributed by atoms with E-state index in [0.29, 0.717) is 18.1 Å². The van der Waals surface area contributed by atoms with E-state index in [9.17, 15) is 4.79 Å². The van der Waals surface area contributed by atoms with Gasteiger partial charge in [-0.3, -0.25) is 4.79 Å². The molecule has 0 fully saturated rings. The third-order valence-electron chi connectivity index (χ3n) is 3.42. The van der Waals surface area contributed by atoms with E-state index < -0.39 is 0 Å². The highest BCUT2D eigenvalue weighted by atomic mass is 32.2. The molecule has 2 heterocycles. The molecule has 0 atom stereocenters. The molecule has 3 aromatic rings. The van der Waals surface area contributed by atoms with Gasteiger partial charge in [0.25, 0.3) is 0 Å². The van der Waals surface area contributed by atoms with Crippen molar-refractivity contribution in [3.8, 4) is 11.5 Å². The van der Waals surface area contributed by atoms with Crippen LogP contribution in [0.5, 0.6) is 0 Å². The lowest BCUT2D eigenvalue weighted by atomic mass is 10.4. The SMILES string of the molecule is Cn1cccc1-c1noc(CNC(=O)CCSc2ccccc2)n1. The number of nitrogens with one attached hydrogen (secondary N) is 1. The van der Waals surface area contributed by atoms with Crippen molar-refractivity contribution in [3.63, 3.8) is 0 Å². The van der Waals surface area contributed by atoms with Gasteiger partial charge in [0.05, 0.1) is 12.2 Å². The highest BCUT2D eigenvalue weighted by Gasteiger charge is 2.11. The van der Waals surface area contributed by atoms with E-state index in [0.717, 1.165) is 16.3 Å². The van der Waals surface area contributed by atoms with Crippen LogP contribution < -0.4 is 5.32 Å². The first-order chi connectivity index (χ1) is 11.7. The fraction of sp³-hybridized carbons (Fsp3) is 0.235. The fourth-order valence-corrected chi connectivity index (χ4v) is 3.04. The standard InChI is InChI=1S/C17H18N4O2S/c1-21-10-5-8-14(21)17-19-16(23-20-17)12-18-15(22)9-11-24-13-6-3-2-4-7-13/h2-8,10H,9,11-12H2,1H3,(H,18,22). The molecule has 0 aliphatic rings. The summed E-state index contributed by atoms with van der Waals surface area (Å²) in [7, 11) is 1.91. The van der Waals surface area contributed by atoms with Crippen LogP contribution in [0.15, 0.2) is 58.1 Å². The lowest BCUT2D eigenvalue weighted by Crippen LogP contribution is -2.23. The Bertz CT molecular complexity index is 798. The first kappa shape index (κ1) is 16.3. The van der Waals surface area contributed by atoms with Gasteiger partial charge in [-0.1, -0.05) is 23.4 Å². The number of hydrogen-bond donors (Lipinski definition) is 1. The zero-order valence-corrected chi connectivity index (χ0v) is 14.1. The molecule has 7 heteroatoms. The van der Waals surface area contributed by atoms with Gasteiger partial charge in [-0.15, -0.1) is 11.8 Å². The maximum Gasteiger partial charge on any atom is 0.246 e. The number of amides is 1. The quantitative estimate of drug-likeness (QED) is 0.668. The van der Waals surface area contributed by atoms with Crippen molar-refractivity contribution in [2.45, 2.75) is 17.9 Å². The Hall–Kier alpha value is -2.54. The van der Waals surface area contributed by atoms with Gasteiger partial charge >= 0.3 is 0 Å². The molecule has 2 aromatic heterocycles. The third kappa shape index (κ3) is 4.26. The lowest BCUT2D eigenvalue weighted by Gasteiger charge is -2.02. The summed E-state index contributed by atoms with van der Waals surface area (Å²) >= 11 is 1.66. The van der Waals surface area contributed by atoms with Crippen LogP contribution in [0, 0.1) is 0 Å². The minimum atomic E-state index is -0.0305. The molecule has 1 aromatic carbocycles. The number of aromatic nitrogens is 3. The van der Waals surface area contributed by atoms with Gasteiger partial charge < -0.3 is 14.4 Å². The van der Waals surface area contributed by atoms with E-state index in [2.05, 4.69) is 15.5 Å². The summed E-state index contributed by atoms with van der Waals surface area (Å²) in [4.78, 5) is 17.3. The molecule has 6 nitrogen and oxygen atoms in total. The molecule has 0 aliphatic heterocycles. The monoisotopic (exact) mass is 342 g/mol. The minimum absolute atomic E-state index is 0.0305. The molecule has 0 unspecified atom stereocenters. The van der Waals surface area contributed by atoms with Gasteiger partial charge in [-0.25, -0.2) is 0 Å². The van der Waals surface area contributed by atoms with Crippen LogP contribution in [0.2, 0.25) is 0 Å². The Labute approximate surface area is 144 Å². The number of nitrogens with zero attached hydrogens (tertiary/aromatic N) is 3. The summed E-state index contributed by atoms with van der Waals surface area (Å²) in [6.45, 7) is 0.242. The van der Waals surface area contributed by atoms with Gasteiger partial charge in [0, 0.05) is 30.3 Å². The molecule has 0 spiro atoms. The largest absolute Gasteiger partial charge is 0.348 e. The number of carbonyl (C=O) groups excluding carboxylic acids is 1. The molecule has 124 valence electrons. The summed E-state index contributed by atoms with van der Waals surface area (Å²) in [5.41, 5.74) is 0.871. The highest BCUT2D eigenvalue weighted by Crippen LogP contribution is 2.18. The van der Waals surface area contributed by atoms with Crippen LogP contribution >= 0.6 is 11.8 Å². The van der Waals surface area contributed by atoms with Crippen molar-refractivity contribution < 1.29 is 9.32 Å². The van der Waals surface area contributed by atoms with E-state index >= 15 is 0 Å². The highest BCUT2D eigenvalue weighted by molar-refractivity contribution is 7.99. The fourth-order valence-electron chi connectivity index (χ4n) is 2.17. The topological polar surface area (TPSA) is 73.0 Å². The smallest absolute Gasteiger partial charge is 0.246 e. The third-order valence-corrected chi connectivity index (χ3v) is 4.43. The number of carbonyl (C=O) groups is 1. The van der Waals surface area contributed by atoms with Gasteiger partial charge in [0.2, 0.25) is 17.6 Å². The van der Waals surface area contributed by atoms with Crippen LogP contribution in [0.4, 0.5) is 0 Å². The number of thioether (sulfide) groups is 1. The average Bonchev–Trinajstić information content (AvgIpc) is 3.22. The zero-order valence-electron chi connectivity index (χ0n) is 13.3. The minimum Gasteiger partial charge on any atom is -0.348 e. The Morgan fingerprint density at radius 2 is 2.08 bits per heavy atom. The molecule has 3 rings (SSSR count). The Kier molecular flexibility index (Phi) is 5.32. The van der Waals surface area contributed by atoms with Crippen molar-refractivity contribution in [2.75, 3.05) is 5.75 Å². The number of rotatable bonds is 7. The van der Waals surface area contributed by atoms with Crippen molar-refractivity contribution in [2.24, 2.45) is 7.05 Å². The zero-order chi connectivity index (χ0) is 16.8. The van der Waals surface area contributed by atoms with Crippen LogP contribution in [0.3, 0.4) is 0 Å². The van der Waals surface area contributed by atoms with Crippen molar-refractivity contribution >= 4 is 17.7 Å². The molecule has 1 N–H and O–H groups in total. The van der Waals surface area contributed by atoms with Crippen molar-refractivity contribution in [1.82, 2.24) is 20.0 Å². The van der Waals surface area contributed by atoms with E-state index in [4.69, 9.17) is 4.52 Å². The van der Waals surface area contributed by atoms with Crippen molar-refractivity contribution in [3.05, 3.63) is 54.6 Å². The number of aryl methyl sites for hydroxylation is 1. The Morgan fingerprint density at radius 1 is 1.25 bits per heavy atom. The van der Waals surface area contributed by atoms with Gasteiger partial charge in [0.15, 0.2) is 0 Å².